The first-order chi connectivity index (χ1) is 34.0. The topological polar surface area (TPSA) is 78.9 Å². The SMILES string of the molecule is CC/C=C\C/C=C\C/C=C\C/C=C\C/C=C\C/C=C\CCCCC(=O)OCC(COC(=O)CCCCC/C=C\C/C=C\C/C=C\CC)OC(=O)CCCCCCCCC/C=C\CCCCCCCC. The van der Waals surface area contributed by atoms with E-state index in [0.717, 1.165) is 116 Å². The molecule has 0 fully saturated rings. The summed E-state index contributed by atoms with van der Waals surface area (Å²) < 4.78 is 16.8. The molecule has 0 rings (SSSR count). The minimum atomic E-state index is -0.814. The summed E-state index contributed by atoms with van der Waals surface area (Å²) in [5, 5.41) is 0. The number of unbranched alkanes of at least 4 members (excludes halogenated alkanes) is 18. The molecule has 0 N–H and O–H groups in total. The molecule has 0 spiro atoms. The first-order valence-electron chi connectivity index (χ1n) is 28.0. The molecule has 1 unspecified atom stereocenters. The second-order valence-electron chi connectivity index (χ2n) is 18.1. The van der Waals surface area contributed by atoms with E-state index in [4.69, 9.17) is 14.2 Å². The molecule has 0 saturated carbocycles. The number of allylic oxidation sites excluding steroid dienone is 20. The summed E-state index contributed by atoms with van der Waals surface area (Å²) in [6.07, 6.45) is 77.6. The number of carbonyl (C=O) groups excluding carboxylic acids is 3. The lowest BCUT2D eigenvalue weighted by Gasteiger charge is -2.18. The van der Waals surface area contributed by atoms with Gasteiger partial charge in [-0.05, 0) is 128 Å². The molecule has 0 aliphatic carbocycles. The third kappa shape index (κ3) is 54.6. The molecule has 1 atom stereocenters. The van der Waals surface area contributed by atoms with Gasteiger partial charge in [0, 0.05) is 19.3 Å². The largest absolute Gasteiger partial charge is 0.462 e. The Morgan fingerprint density at radius 3 is 0.942 bits per heavy atom. The average Bonchev–Trinajstić information content (AvgIpc) is 3.35. The van der Waals surface area contributed by atoms with Crippen LogP contribution in [-0.4, -0.2) is 37.2 Å². The van der Waals surface area contributed by atoms with E-state index < -0.39 is 6.10 Å². The number of esters is 3. The summed E-state index contributed by atoms with van der Waals surface area (Å²) in [6, 6.07) is 0. The van der Waals surface area contributed by atoms with Gasteiger partial charge in [0.25, 0.3) is 0 Å². The van der Waals surface area contributed by atoms with Crippen molar-refractivity contribution in [2.24, 2.45) is 0 Å². The minimum absolute atomic E-state index is 0.112. The zero-order valence-corrected chi connectivity index (χ0v) is 44.5. The second-order valence-corrected chi connectivity index (χ2v) is 18.1. The lowest BCUT2D eigenvalue weighted by atomic mass is 10.1. The molecule has 0 aromatic carbocycles. The van der Waals surface area contributed by atoms with Crippen molar-refractivity contribution in [3.8, 4) is 0 Å². The Bertz CT molecular complexity index is 1470. The fraction of sp³-hybridized carbons (Fsp3) is 0.635. The smallest absolute Gasteiger partial charge is 0.306 e. The average molecular weight is 956 g/mol. The molecule has 0 aliphatic rings. The highest BCUT2D eigenvalue weighted by molar-refractivity contribution is 5.71. The summed E-state index contributed by atoms with van der Waals surface area (Å²) in [6.45, 7) is 6.33. The van der Waals surface area contributed by atoms with Gasteiger partial charge in [0.05, 0.1) is 0 Å². The van der Waals surface area contributed by atoms with Gasteiger partial charge in [0.2, 0.25) is 0 Å². The molecule has 390 valence electrons. The predicted octanol–water partition coefficient (Wildman–Crippen LogP) is 18.9. The maximum atomic E-state index is 12.8. The number of carbonyl (C=O) groups is 3. The Kier molecular flexibility index (Phi) is 53.0. The Morgan fingerprint density at radius 2 is 0.565 bits per heavy atom. The highest BCUT2D eigenvalue weighted by Crippen LogP contribution is 2.13. The standard InChI is InChI=1S/C63H102O6/c1-4-7-10-13-16-19-22-25-27-29-30-31-32-34-35-38-41-44-47-50-53-56-62(65)68-59-60(58-67-61(64)55-52-49-46-43-40-37-24-21-18-15-12-9-6-3)69-63(66)57-54-51-48-45-42-39-36-33-28-26-23-20-17-14-11-8-5-2/h7,9-10,12,16,18-19,21,25-28,30-31,34-35,37,40-41,44,60H,4-6,8,11,13-15,17,20,22-24,29,32-33,36,38-39,42-43,45-59H2,1-3H3/b10-7-,12-9-,19-16-,21-18-,27-25-,28-26-,31-30-,35-34-,40-37-,44-41-. The molecule has 0 heterocycles. The molecule has 0 amide bonds. The van der Waals surface area contributed by atoms with E-state index in [1.165, 1.54) is 77.0 Å². The van der Waals surface area contributed by atoms with Crippen molar-refractivity contribution >= 4 is 17.9 Å². The van der Waals surface area contributed by atoms with Gasteiger partial charge in [0.15, 0.2) is 6.10 Å². The van der Waals surface area contributed by atoms with Crippen LogP contribution in [0.25, 0.3) is 0 Å². The van der Waals surface area contributed by atoms with E-state index >= 15 is 0 Å². The van der Waals surface area contributed by atoms with Crippen LogP contribution < -0.4 is 0 Å². The third-order valence-electron chi connectivity index (χ3n) is 11.4. The Morgan fingerprint density at radius 1 is 0.304 bits per heavy atom. The van der Waals surface area contributed by atoms with E-state index in [9.17, 15) is 14.4 Å². The maximum absolute atomic E-state index is 12.8. The summed E-state index contributed by atoms with van der Waals surface area (Å²) >= 11 is 0. The van der Waals surface area contributed by atoms with Crippen LogP contribution in [-0.2, 0) is 28.6 Å². The van der Waals surface area contributed by atoms with Gasteiger partial charge in [-0.3, -0.25) is 14.4 Å². The van der Waals surface area contributed by atoms with Gasteiger partial charge < -0.3 is 14.2 Å². The summed E-state index contributed by atoms with van der Waals surface area (Å²) in [5.41, 5.74) is 0. The normalized spacial score (nSPS) is 13.0. The van der Waals surface area contributed by atoms with Crippen LogP contribution in [0.3, 0.4) is 0 Å². The van der Waals surface area contributed by atoms with Gasteiger partial charge >= 0.3 is 17.9 Å². The molecule has 0 saturated heterocycles. The number of hydrogen-bond donors (Lipinski definition) is 0. The predicted molar refractivity (Wildman–Crippen MR) is 297 cm³/mol. The van der Waals surface area contributed by atoms with E-state index in [1.807, 2.05) is 0 Å². The van der Waals surface area contributed by atoms with Crippen molar-refractivity contribution in [2.45, 2.75) is 245 Å². The monoisotopic (exact) mass is 955 g/mol. The molecule has 0 aromatic rings. The molecule has 0 aliphatic heterocycles. The first kappa shape index (κ1) is 64.8. The lowest BCUT2D eigenvalue weighted by molar-refractivity contribution is -0.167. The van der Waals surface area contributed by atoms with Crippen molar-refractivity contribution in [1.29, 1.82) is 0 Å². The number of hydrogen-bond acceptors (Lipinski definition) is 6. The number of ether oxygens (including phenoxy) is 3. The van der Waals surface area contributed by atoms with Gasteiger partial charge in [-0.15, -0.1) is 0 Å². The van der Waals surface area contributed by atoms with Crippen LogP contribution in [0, 0.1) is 0 Å². The third-order valence-corrected chi connectivity index (χ3v) is 11.4. The molecule has 0 bridgehead atoms. The molecule has 0 aromatic heterocycles. The molecule has 69 heavy (non-hydrogen) atoms. The minimum Gasteiger partial charge on any atom is -0.462 e. The van der Waals surface area contributed by atoms with E-state index in [2.05, 4.69) is 142 Å². The van der Waals surface area contributed by atoms with Gasteiger partial charge in [-0.2, -0.15) is 0 Å². The van der Waals surface area contributed by atoms with E-state index in [1.54, 1.807) is 0 Å². The quantitative estimate of drug-likeness (QED) is 0.0262. The Balaban J connectivity index is 4.50. The van der Waals surface area contributed by atoms with E-state index in [-0.39, 0.29) is 31.1 Å². The van der Waals surface area contributed by atoms with Crippen LogP contribution in [0.5, 0.6) is 0 Å². The van der Waals surface area contributed by atoms with Crippen LogP contribution in [0.1, 0.15) is 239 Å². The van der Waals surface area contributed by atoms with Crippen molar-refractivity contribution in [3.05, 3.63) is 122 Å². The van der Waals surface area contributed by atoms with Crippen molar-refractivity contribution in [1.82, 2.24) is 0 Å². The van der Waals surface area contributed by atoms with Crippen molar-refractivity contribution in [3.63, 3.8) is 0 Å². The molecular weight excluding hydrogens is 853 g/mol. The highest BCUT2D eigenvalue weighted by Gasteiger charge is 2.19. The van der Waals surface area contributed by atoms with Gasteiger partial charge in [-0.25, -0.2) is 0 Å². The summed E-state index contributed by atoms with van der Waals surface area (Å²) in [5.74, 6) is -0.990. The molecule has 0 radical (unpaired) electrons. The maximum Gasteiger partial charge on any atom is 0.306 e. The Hall–Kier alpha value is -4.19. The summed E-state index contributed by atoms with van der Waals surface area (Å²) in [7, 11) is 0. The summed E-state index contributed by atoms with van der Waals surface area (Å²) in [4.78, 5) is 38.1. The zero-order chi connectivity index (χ0) is 50.0. The van der Waals surface area contributed by atoms with Gasteiger partial charge in [-0.1, -0.05) is 213 Å². The van der Waals surface area contributed by atoms with Crippen LogP contribution in [0.2, 0.25) is 0 Å². The Labute approximate surface area is 424 Å². The highest BCUT2D eigenvalue weighted by atomic mass is 16.6. The van der Waals surface area contributed by atoms with Crippen molar-refractivity contribution in [2.75, 3.05) is 13.2 Å². The fourth-order valence-corrected chi connectivity index (χ4v) is 7.28. The lowest BCUT2D eigenvalue weighted by Crippen LogP contribution is -2.30. The van der Waals surface area contributed by atoms with Crippen molar-refractivity contribution < 1.29 is 28.6 Å². The van der Waals surface area contributed by atoms with Crippen LogP contribution >= 0.6 is 0 Å². The molecular formula is C63H102O6. The molecule has 6 heteroatoms. The van der Waals surface area contributed by atoms with Gasteiger partial charge in [0.1, 0.15) is 13.2 Å². The zero-order valence-electron chi connectivity index (χ0n) is 44.5. The van der Waals surface area contributed by atoms with E-state index in [0.29, 0.717) is 25.7 Å². The van der Waals surface area contributed by atoms with Crippen LogP contribution in [0.15, 0.2) is 122 Å². The molecule has 6 nitrogen and oxygen atoms in total. The first-order valence-corrected chi connectivity index (χ1v) is 28.0. The number of rotatable bonds is 49. The van der Waals surface area contributed by atoms with Crippen LogP contribution in [0.4, 0.5) is 0 Å². The fourth-order valence-electron chi connectivity index (χ4n) is 7.28. The second kappa shape index (κ2) is 56.4.